The summed E-state index contributed by atoms with van der Waals surface area (Å²) in [6, 6.07) is 8.99. The van der Waals surface area contributed by atoms with Crippen LogP contribution in [0.25, 0.3) is 10.9 Å². The molecule has 2 aromatic carbocycles. The summed E-state index contributed by atoms with van der Waals surface area (Å²) in [6.07, 6.45) is -3.29. The molecular weight excluding hydrogens is 475 g/mol. The molecule has 194 valence electrons. The van der Waals surface area contributed by atoms with E-state index in [0.717, 1.165) is 37.1 Å². The van der Waals surface area contributed by atoms with Crippen LogP contribution in [-0.2, 0) is 19.3 Å². The van der Waals surface area contributed by atoms with Crippen molar-refractivity contribution in [2.24, 2.45) is 0 Å². The largest absolute Gasteiger partial charge is 0.493 e. The number of nitrogens with zero attached hydrogens (tertiary/aromatic N) is 2. The van der Waals surface area contributed by atoms with Gasteiger partial charge in [-0.3, -0.25) is 0 Å². The second-order valence-corrected chi connectivity index (χ2v) is 8.73. The van der Waals surface area contributed by atoms with E-state index >= 15 is 0 Å². The lowest BCUT2D eigenvalue weighted by atomic mass is 10.1. The van der Waals surface area contributed by atoms with Crippen molar-refractivity contribution < 1.29 is 32.5 Å². The first-order valence-electron chi connectivity index (χ1n) is 11.7. The molecule has 2 heterocycles. The van der Waals surface area contributed by atoms with E-state index < -0.39 is 17.8 Å². The second-order valence-electron chi connectivity index (χ2n) is 8.73. The van der Waals surface area contributed by atoms with Crippen LogP contribution in [0.4, 0.5) is 19.0 Å². The first-order valence-corrected chi connectivity index (χ1v) is 11.7. The number of piperidine rings is 1. The zero-order chi connectivity index (χ0) is 25.9. The van der Waals surface area contributed by atoms with Gasteiger partial charge in [-0.25, -0.2) is 4.98 Å². The van der Waals surface area contributed by atoms with Crippen molar-refractivity contribution in [1.29, 1.82) is 0 Å². The molecule has 0 saturated carbocycles. The van der Waals surface area contributed by atoms with Gasteiger partial charge >= 0.3 is 6.18 Å². The van der Waals surface area contributed by atoms with Gasteiger partial charge in [0.2, 0.25) is 5.75 Å². The molecule has 0 radical (unpaired) electrons. The van der Waals surface area contributed by atoms with Crippen LogP contribution in [0.1, 0.15) is 29.5 Å². The predicted octanol–water partition coefficient (Wildman–Crippen LogP) is 4.53. The highest BCUT2D eigenvalue weighted by atomic mass is 19.4. The fourth-order valence-corrected chi connectivity index (χ4v) is 4.57. The minimum Gasteiger partial charge on any atom is -0.493 e. The van der Waals surface area contributed by atoms with Crippen LogP contribution in [0.3, 0.4) is 0 Å². The third-order valence-corrected chi connectivity index (χ3v) is 6.27. The van der Waals surface area contributed by atoms with E-state index in [1.165, 1.54) is 27.4 Å². The van der Waals surface area contributed by atoms with Crippen LogP contribution >= 0.6 is 0 Å². The molecule has 10 heteroatoms. The molecule has 1 aliphatic heterocycles. The van der Waals surface area contributed by atoms with Crippen molar-refractivity contribution >= 4 is 16.7 Å². The average molecular weight is 506 g/mol. The van der Waals surface area contributed by atoms with Crippen LogP contribution in [-0.4, -0.2) is 50.6 Å². The van der Waals surface area contributed by atoms with Crippen molar-refractivity contribution in [3.8, 4) is 17.2 Å². The van der Waals surface area contributed by atoms with Gasteiger partial charge in [0.15, 0.2) is 11.5 Å². The Bertz CT molecular complexity index is 1220. The Balaban J connectivity index is 1.70. The smallest absolute Gasteiger partial charge is 0.416 e. The summed E-state index contributed by atoms with van der Waals surface area (Å²) in [5.41, 5.74) is 1.32. The molecule has 2 N–H and O–H groups in total. The highest BCUT2D eigenvalue weighted by Crippen LogP contribution is 2.44. The summed E-state index contributed by atoms with van der Waals surface area (Å²) in [6.45, 7) is 1.77. The highest BCUT2D eigenvalue weighted by molar-refractivity contribution is 5.92. The van der Waals surface area contributed by atoms with Gasteiger partial charge in [0.1, 0.15) is 5.82 Å². The van der Waals surface area contributed by atoms with E-state index in [9.17, 15) is 18.3 Å². The second kappa shape index (κ2) is 10.8. The first kappa shape index (κ1) is 25.8. The number of pyridine rings is 1. The van der Waals surface area contributed by atoms with Crippen molar-refractivity contribution in [2.45, 2.75) is 38.2 Å². The van der Waals surface area contributed by atoms with Gasteiger partial charge in [-0.2, -0.15) is 13.2 Å². The molecule has 1 aliphatic rings. The molecule has 4 rings (SSSR count). The number of hydrogen-bond acceptors (Lipinski definition) is 7. The Hall–Kier alpha value is -3.24. The third-order valence-electron chi connectivity index (χ3n) is 6.27. The van der Waals surface area contributed by atoms with Crippen molar-refractivity contribution in [1.82, 2.24) is 10.3 Å². The molecule has 0 spiro atoms. The van der Waals surface area contributed by atoms with E-state index in [1.807, 2.05) is 11.0 Å². The summed E-state index contributed by atoms with van der Waals surface area (Å²) in [5.74, 6) is 2.10. The number of rotatable bonds is 8. The normalized spacial score (nSPS) is 16.3. The van der Waals surface area contributed by atoms with Crippen LogP contribution in [0.15, 0.2) is 36.4 Å². The highest BCUT2D eigenvalue weighted by Gasteiger charge is 2.30. The number of hydrogen-bond donors (Lipinski definition) is 2. The standard InChI is InChI=1S/C26H30F3N3O4/c1-34-22-12-21-20(23(35-2)24(22)36-3)11-17(25(31-21)32-9-5-8-19(33)15-32)14-30-13-16-6-4-7-18(10-16)26(27,28)29/h4,6-7,10-12,19,30,33H,5,8-9,13-15H2,1-3H3. The number of alkyl halides is 3. The van der Waals surface area contributed by atoms with Crippen molar-refractivity contribution in [3.63, 3.8) is 0 Å². The lowest BCUT2D eigenvalue weighted by Crippen LogP contribution is -2.39. The summed E-state index contributed by atoms with van der Waals surface area (Å²) in [7, 11) is 4.61. The monoisotopic (exact) mass is 505 g/mol. The lowest BCUT2D eigenvalue weighted by Gasteiger charge is -2.32. The number of fused-ring (bicyclic) bond motifs is 1. The first-order chi connectivity index (χ1) is 17.2. The minimum atomic E-state index is -4.39. The number of methoxy groups -OCH3 is 3. The molecule has 3 aromatic rings. The summed E-state index contributed by atoms with van der Waals surface area (Å²) >= 11 is 0. The Morgan fingerprint density at radius 3 is 2.50 bits per heavy atom. The maximum Gasteiger partial charge on any atom is 0.416 e. The van der Waals surface area contributed by atoms with Crippen LogP contribution in [0.2, 0.25) is 0 Å². The Labute approximate surface area is 207 Å². The molecule has 1 saturated heterocycles. The SMILES string of the molecule is COc1cc2nc(N3CCCC(O)C3)c(CNCc3cccc(C(F)(F)F)c3)cc2c(OC)c1OC. The molecule has 1 fully saturated rings. The molecule has 1 unspecified atom stereocenters. The average Bonchev–Trinajstić information content (AvgIpc) is 2.86. The molecule has 7 nitrogen and oxygen atoms in total. The predicted molar refractivity (Wildman–Crippen MR) is 131 cm³/mol. The maximum absolute atomic E-state index is 13.1. The zero-order valence-corrected chi connectivity index (χ0v) is 20.5. The molecule has 0 aliphatic carbocycles. The number of aliphatic hydroxyl groups is 1. The fraction of sp³-hybridized carbons (Fsp3) is 0.423. The number of aromatic nitrogens is 1. The van der Waals surface area contributed by atoms with Gasteiger partial charge in [0, 0.05) is 43.2 Å². The zero-order valence-electron chi connectivity index (χ0n) is 20.5. The van der Waals surface area contributed by atoms with Gasteiger partial charge < -0.3 is 29.5 Å². The molecule has 0 bridgehead atoms. The number of ether oxygens (including phenoxy) is 3. The van der Waals surface area contributed by atoms with Gasteiger partial charge in [-0.1, -0.05) is 18.2 Å². The molecule has 36 heavy (non-hydrogen) atoms. The molecule has 0 amide bonds. The summed E-state index contributed by atoms with van der Waals surface area (Å²) in [5, 5.41) is 14.2. The number of benzene rings is 2. The molecule has 1 atom stereocenters. The number of anilines is 1. The maximum atomic E-state index is 13.1. The Kier molecular flexibility index (Phi) is 7.75. The molecule has 1 aromatic heterocycles. The van der Waals surface area contributed by atoms with Gasteiger partial charge in [-0.05, 0) is 30.5 Å². The fourth-order valence-electron chi connectivity index (χ4n) is 4.57. The number of halogens is 3. The minimum absolute atomic E-state index is 0.243. The number of aliphatic hydroxyl groups excluding tert-OH is 1. The van der Waals surface area contributed by atoms with Gasteiger partial charge in [0.25, 0.3) is 0 Å². The van der Waals surface area contributed by atoms with Gasteiger partial charge in [0.05, 0.1) is 38.5 Å². The van der Waals surface area contributed by atoms with Crippen molar-refractivity contribution in [3.05, 3.63) is 53.1 Å². The topological polar surface area (TPSA) is 76.1 Å². The lowest BCUT2D eigenvalue weighted by molar-refractivity contribution is -0.137. The summed E-state index contributed by atoms with van der Waals surface area (Å²) < 4.78 is 55.9. The Morgan fingerprint density at radius 2 is 1.83 bits per heavy atom. The van der Waals surface area contributed by atoms with E-state index in [0.29, 0.717) is 52.6 Å². The number of β-amino-alcohol motifs (C(OH)–C–C–N with tert-alkyl or cyclic N) is 1. The summed E-state index contributed by atoms with van der Waals surface area (Å²) in [4.78, 5) is 6.95. The van der Waals surface area contributed by atoms with Crippen LogP contribution in [0.5, 0.6) is 17.2 Å². The van der Waals surface area contributed by atoms with Crippen molar-refractivity contribution in [2.75, 3.05) is 39.3 Å². The third kappa shape index (κ3) is 5.44. The van der Waals surface area contributed by atoms with Crippen LogP contribution < -0.4 is 24.4 Å². The number of nitrogens with one attached hydrogen (secondary N) is 1. The van der Waals surface area contributed by atoms with E-state index in [1.54, 1.807) is 12.1 Å². The Morgan fingerprint density at radius 1 is 1.06 bits per heavy atom. The van der Waals surface area contributed by atoms with E-state index in [4.69, 9.17) is 19.2 Å². The van der Waals surface area contributed by atoms with E-state index in [2.05, 4.69) is 5.32 Å². The quantitative estimate of drug-likeness (QED) is 0.466. The van der Waals surface area contributed by atoms with E-state index in [-0.39, 0.29) is 6.54 Å². The van der Waals surface area contributed by atoms with Gasteiger partial charge in [-0.15, -0.1) is 0 Å². The van der Waals surface area contributed by atoms with Crippen LogP contribution in [0, 0.1) is 0 Å². The molecular formula is C26H30F3N3O4.